The zero-order chi connectivity index (χ0) is 23.0. The molecule has 174 valence electrons. The molecule has 6 heteroatoms. The topological polar surface area (TPSA) is 37.7 Å². The number of halogens is 1. The predicted molar refractivity (Wildman–Crippen MR) is 133 cm³/mol. The summed E-state index contributed by atoms with van der Waals surface area (Å²) in [6, 6.07) is 14.2. The Morgan fingerprint density at radius 2 is 1.88 bits per heavy atom. The monoisotopic (exact) mass is 465 g/mol. The van der Waals surface area contributed by atoms with Gasteiger partial charge >= 0.3 is 0 Å². The second-order valence-corrected chi connectivity index (χ2v) is 9.72. The van der Waals surface area contributed by atoms with E-state index in [0.717, 1.165) is 80.9 Å². The van der Waals surface area contributed by atoms with E-state index >= 15 is 0 Å². The van der Waals surface area contributed by atoms with Crippen molar-refractivity contribution in [3.05, 3.63) is 64.8 Å². The number of aromatic nitrogens is 1. The number of fused-ring (bicyclic) bond motifs is 3. The van der Waals surface area contributed by atoms with Crippen molar-refractivity contribution in [3.63, 3.8) is 0 Å². The van der Waals surface area contributed by atoms with Crippen LogP contribution in [0.2, 0.25) is 5.02 Å². The fourth-order valence-corrected chi connectivity index (χ4v) is 5.62. The third-order valence-corrected chi connectivity index (χ3v) is 7.83. The Morgan fingerprint density at radius 3 is 2.64 bits per heavy atom. The molecule has 1 saturated heterocycles. The highest BCUT2D eigenvalue weighted by Gasteiger charge is 2.43. The molecule has 1 spiro atoms. The van der Waals surface area contributed by atoms with Crippen LogP contribution in [0.15, 0.2) is 48.7 Å². The number of para-hydroxylation sites is 1. The Balaban J connectivity index is 1.37. The second-order valence-electron chi connectivity index (χ2n) is 9.28. The van der Waals surface area contributed by atoms with E-state index in [4.69, 9.17) is 16.3 Å². The van der Waals surface area contributed by atoms with Gasteiger partial charge in [-0.15, -0.1) is 0 Å². The third-order valence-electron chi connectivity index (χ3n) is 7.60. The lowest BCUT2D eigenvalue weighted by Gasteiger charge is -2.38. The maximum Gasteiger partial charge on any atom is 0.256 e. The van der Waals surface area contributed by atoms with E-state index in [1.54, 1.807) is 0 Å². The molecular weight excluding hydrogens is 434 g/mol. The Labute approximate surface area is 200 Å². The number of hydrogen-bond acceptors (Lipinski definition) is 3. The second kappa shape index (κ2) is 9.03. The summed E-state index contributed by atoms with van der Waals surface area (Å²) >= 11 is 6.33. The smallest absolute Gasteiger partial charge is 0.256 e. The lowest BCUT2D eigenvalue weighted by Crippen LogP contribution is -2.46. The highest BCUT2D eigenvalue weighted by molar-refractivity contribution is 6.31. The molecule has 0 saturated carbocycles. The van der Waals surface area contributed by atoms with Gasteiger partial charge in [-0.25, -0.2) is 0 Å². The summed E-state index contributed by atoms with van der Waals surface area (Å²) in [6.07, 6.45) is 3.90. The van der Waals surface area contributed by atoms with Gasteiger partial charge in [0.2, 0.25) is 0 Å². The Morgan fingerprint density at radius 1 is 1.12 bits per heavy atom. The SMILES string of the molecule is CCN(CC)CCn1cc(C(=O)N2CCC3(CC2)COc2ccccc23)c2ccc(Cl)cc21. The van der Waals surface area contributed by atoms with Crippen LogP contribution in [0, 0.1) is 0 Å². The van der Waals surface area contributed by atoms with Crippen LogP contribution in [0.3, 0.4) is 0 Å². The number of piperidine rings is 1. The van der Waals surface area contributed by atoms with E-state index in [2.05, 4.69) is 41.5 Å². The molecule has 1 aromatic heterocycles. The fraction of sp³-hybridized carbons (Fsp3) is 0.444. The van der Waals surface area contributed by atoms with Crippen LogP contribution in [0.25, 0.3) is 10.9 Å². The lowest BCUT2D eigenvalue weighted by molar-refractivity contribution is 0.0648. The highest BCUT2D eigenvalue weighted by Crippen LogP contribution is 2.45. The zero-order valence-electron chi connectivity index (χ0n) is 19.5. The van der Waals surface area contributed by atoms with Gasteiger partial charge in [0.05, 0.1) is 17.7 Å². The normalized spacial score (nSPS) is 17.0. The number of carbonyl (C=O) groups excluding carboxylic acids is 1. The van der Waals surface area contributed by atoms with Crippen LogP contribution in [0.5, 0.6) is 5.75 Å². The van der Waals surface area contributed by atoms with Crippen molar-refractivity contribution >= 4 is 28.4 Å². The van der Waals surface area contributed by atoms with Crippen molar-refractivity contribution in [2.75, 3.05) is 39.3 Å². The number of benzene rings is 2. The van der Waals surface area contributed by atoms with Gasteiger partial charge in [-0.05, 0) is 44.1 Å². The van der Waals surface area contributed by atoms with E-state index in [1.165, 1.54) is 5.56 Å². The third kappa shape index (κ3) is 4.02. The Hall–Kier alpha value is -2.50. The average molecular weight is 466 g/mol. The summed E-state index contributed by atoms with van der Waals surface area (Å²) in [5, 5.41) is 1.68. The number of rotatable bonds is 6. The number of amides is 1. The molecular formula is C27H32ClN3O2. The number of carbonyl (C=O) groups is 1. The average Bonchev–Trinajstić information content (AvgIpc) is 3.38. The highest BCUT2D eigenvalue weighted by atomic mass is 35.5. The van der Waals surface area contributed by atoms with Gasteiger partial charge in [-0.2, -0.15) is 0 Å². The number of nitrogens with zero attached hydrogens (tertiary/aromatic N) is 3. The first-order chi connectivity index (χ1) is 16.0. The van der Waals surface area contributed by atoms with Gasteiger partial charge < -0.3 is 19.1 Å². The van der Waals surface area contributed by atoms with E-state index in [1.807, 2.05) is 35.4 Å². The predicted octanol–water partition coefficient (Wildman–Crippen LogP) is 5.20. The van der Waals surface area contributed by atoms with E-state index in [0.29, 0.717) is 5.02 Å². The van der Waals surface area contributed by atoms with Crippen molar-refractivity contribution in [3.8, 4) is 5.75 Å². The number of likely N-dealkylation sites (N-methyl/N-ethyl adjacent to an activating group) is 1. The Kier molecular flexibility index (Phi) is 6.11. The minimum Gasteiger partial charge on any atom is -0.492 e. The molecule has 33 heavy (non-hydrogen) atoms. The van der Waals surface area contributed by atoms with Gasteiger partial charge in [0.15, 0.2) is 0 Å². The first kappa shape index (κ1) is 22.3. The largest absolute Gasteiger partial charge is 0.492 e. The van der Waals surface area contributed by atoms with Crippen LogP contribution >= 0.6 is 11.6 Å². The summed E-state index contributed by atoms with van der Waals surface area (Å²) in [5.41, 5.74) is 3.16. The van der Waals surface area contributed by atoms with Crippen molar-refractivity contribution in [1.82, 2.24) is 14.4 Å². The number of ether oxygens (including phenoxy) is 1. The quantitative estimate of drug-likeness (QED) is 0.502. The number of likely N-dealkylation sites (tertiary alicyclic amines) is 1. The number of hydrogen-bond donors (Lipinski definition) is 0. The molecule has 0 bridgehead atoms. The summed E-state index contributed by atoms with van der Waals surface area (Å²) in [6.45, 7) is 10.4. The van der Waals surface area contributed by atoms with Gasteiger partial charge in [0.1, 0.15) is 5.75 Å². The van der Waals surface area contributed by atoms with E-state index < -0.39 is 0 Å². The molecule has 1 amide bonds. The minimum absolute atomic E-state index is 0.0403. The van der Waals surface area contributed by atoms with Crippen molar-refractivity contribution in [2.45, 2.75) is 38.6 Å². The summed E-state index contributed by atoms with van der Waals surface area (Å²) in [7, 11) is 0. The van der Waals surface area contributed by atoms with Crippen molar-refractivity contribution in [2.24, 2.45) is 0 Å². The summed E-state index contributed by atoms with van der Waals surface area (Å²) < 4.78 is 8.18. The van der Waals surface area contributed by atoms with Crippen molar-refractivity contribution in [1.29, 1.82) is 0 Å². The standard InChI is InChI=1S/C27H32ClN3O2/c1-3-29(4-2)15-16-31-18-22(21-10-9-20(28)17-24(21)31)26(32)30-13-11-27(12-14-30)19-33-25-8-6-5-7-23(25)27/h5-10,17-18H,3-4,11-16,19H2,1-2H3. The maximum absolute atomic E-state index is 13.6. The van der Waals surface area contributed by atoms with Gasteiger partial charge in [0.25, 0.3) is 5.91 Å². The molecule has 0 aliphatic carbocycles. The van der Waals surface area contributed by atoms with Gasteiger partial charge in [0, 0.05) is 53.8 Å². The molecule has 5 rings (SSSR count). The van der Waals surface area contributed by atoms with Crippen LogP contribution in [0.4, 0.5) is 0 Å². The molecule has 2 aliphatic heterocycles. The first-order valence-electron chi connectivity index (χ1n) is 12.1. The molecule has 1 fully saturated rings. The summed E-state index contributed by atoms with van der Waals surface area (Å²) in [5.74, 6) is 1.12. The molecule has 0 atom stereocenters. The molecule has 0 N–H and O–H groups in total. The Bertz CT molecular complexity index is 1160. The van der Waals surface area contributed by atoms with E-state index in [9.17, 15) is 4.79 Å². The van der Waals surface area contributed by atoms with Crippen LogP contribution in [-0.2, 0) is 12.0 Å². The first-order valence-corrected chi connectivity index (χ1v) is 12.4. The maximum atomic E-state index is 13.6. The molecule has 5 nitrogen and oxygen atoms in total. The van der Waals surface area contributed by atoms with Gasteiger partial charge in [-0.1, -0.05) is 49.7 Å². The molecule has 2 aliphatic rings. The van der Waals surface area contributed by atoms with E-state index in [-0.39, 0.29) is 11.3 Å². The minimum atomic E-state index is 0.0403. The van der Waals surface area contributed by atoms with Crippen LogP contribution < -0.4 is 4.74 Å². The molecule has 0 unspecified atom stereocenters. The summed E-state index contributed by atoms with van der Waals surface area (Å²) in [4.78, 5) is 18.1. The molecule has 3 heterocycles. The van der Waals surface area contributed by atoms with Crippen molar-refractivity contribution < 1.29 is 9.53 Å². The van der Waals surface area contributed by atoms with Crippen LogP contribution in [0.1, 0.15) is 42.6 Å². The molecule has 0 radical (unpaired) electrons. The molecule has 3 aromatic rings. The van der Waals surface area contributed by atoms with Gasteiger partial charge in [-0.3, -0.25) is 4.79 Å². The fourth-order valence-electron chi connectivity index (χ4n) is 5.46. The van der Waals surface area contributed by atoms with Crippen LogP contribution in [-0.4, -0.2) is 59.6 Å². The molecule has 2 aromatic carbocycles. The zero-order valence-corrected chi connectivity index (χ0v) is 20.3. The lowest BCUT2D eigenvalue weighted by atomic mass is 9.74.